The largest absolute Gasteiger partial charge is 0.458 e. The maximum Gasteiger partial charge on any atom is 0.409 e. The number of carbonyl (C=O) groups is 9. The Balaban J connectivity index is 0.883. The molecule has 0 saturated carbocycles. The summed E-state index contributed by atoms with van der Waals surface area (Å²) < 4.78 is 102. The Hall–Kier alpha value is -8.80. The molecule has 0 saturated heterocycles. The number of pyridine rings is 2. The summed E-state index contributed by atoms with van der Waals surface area (Å²) in [5.41, 5.74) is -3.87. The lowest BCUT2D eigenvalue weighted by Gasteiger charge is -2.34. The van der Waals surface area contributed by atoms with Crippen LogP contribution < -0.4 is 37.5 Å². The van der Waals surface area contributed by atoms with E-state index < -0.39 is 113 Å². The first-order valence-electron chi connectivity index (χ1n) is 32.7. The topological polar surface area (TPSA) is 376 Å². The number of nitrogens with zero attached hydrogens (tertiary/aromatic N) is 3. The zero-order valence-electron chi connectivity index (χ0n) is 56.4. The summed E-state index contributed by atoms with van der Waals surface area (Å²) in [6.07, 6.45) is -5.34. The van der Waals surface area contributed by atoms with Crippen LogP contribution in [0.4, 0.5) is 23.7 Å². The molecule has 4 aromatic rings. The lowest BCUT2D eigenvalue weighted by atomic mass is 9.81. The molecule has 2 aromatic carbocycles. The first-order valence-corrected chi connectivity index (χ1v) is 32.7. The fourth-order valence-corrected chi connectivity index (χ4v) is 11.4. The number of esters is 1. The molecule has 3 aliphatic heterocycles. The van der Waals surface area contributed by atoms with Crippen molar-refractivity contribution < 1.29 is 109 Å². The van der Waals surface area contributed by atoms with Crippen LogP contribution in [0.1, 0.15) is 98.0 Å². The number of methoxy groups -OCH3 is 1. The van der Waals surface area contributed by atoms with Gasteiger partial charge in [0.2, 0.25) is 23.8 Å². The van der Waals surface area contributed by atoms with E-state index in [0.717, 1.165) is 24.0 Å². The molecule has 8 rings (SSSR count). The number of alkyl halides is 2. The average molecular weight is 1410 g/mol. The Morgan fingerprint density at radius 3 is 1.90 bits per heavy atom. The molecule has 8 amide bonds. The van der Waals surface area contributed by atoms with E-state index in [1.807, 2.05) is 5.32 Å². The van der Waals surface area contributed by atoms with Crippen LogP contribution in [-0.4, -0.2) is 216 Å². The number of aliphatic hydroxyl groups is 1. The van der Waals surface area contributed by atoms with Crippen molar-refractivity contribution >= 4 is 70.0 Å². The van der Waals surface area contributed by atoms with E-state index in [1.165, 1.54) is 61.7 Å². The van der Waals surface area contributed by atoms with Gasteiger partial charge in [-0.1, -0.05) is 19.1 Å². The van der Waals surface area contributed by atoms with Crippen LogP contribution >= 0.6 is 0 Å². The molecular weight excluding hydrogens is 1320 g/mol. The summed E-state index contributed by atoms with van der Waals surface area (Å²) >= 11 is 0. The van der Waals surface area contributed by atoms with Gasteiger partial charge in [0.1, 0.15) is 24.5 Å². The second kappa shape index (κ2) is 36.0. The molecule has 6 atom stereocenters. The molecule has 33 heteroatoms. The van der Waals surface area contributed by atoms with Crippen molar-refractivity contribution in [3.63, 3.8) is 0 Å². The molecule has 1 aliphatic carbocycles. The molecule has 4 aliphatic rings. The summed E-state index contributed by atoms with van der Waals surface area (Å²) in [6.45, 7) is 10.5. The lowest BCUT2D eigenvalue weighted by molar-refractivity contribution is -0.172. The molecule has 0 spiro atoms. The van der Waals surface area contributed by atoms with Gasteiger partial charge in [0, 0.05) is 72.6 Å². The second-order valence-corrected chi connectivity index (χ2v) is 23.9. The number of rotatable bonds is 40. The van der Waals surface area contributed by atoms with Crippen LogP contribution in [0, 0.1) is 12.7 Å². The Morgan fingerprint density at radius 2 is 1.33 bits per heavy atom. The van der Waals surface area contributed by atoms with Crippen LogP contribution in [-0.2, 0) is 111 Å². The van der Waals surface area contributed by atoms with Crippen LogP contribution in [0.5, 0.6) is 0 Å². The number of cyclic esters (lactones) is 1. The molecule has 2 aromatic heterocycles. The fourth-order valence-electron chi connectivity index (χ4n) is 11.4. The number of halogens is 3. The molecule has 7 N–H and O–H groups in total. The monoisotopic (exact) mass is 1410 g/mol. The first kappa shape index (κ1) is 76.9. The van der Waals surface area contributed by atoms with Crippen LogP contribution in [0.25, 0.3) is 22.3 Å². The van der Waals surface area contributed by atoms with E-state index in [9.17, 15) is 53.1 Å². The lowest BCUT2D eigenvalue weighted by Crippen LogP contribution is -2.62. The van der Waals surface area contributed by atoms with Gasteiger partial charge in [0.25, 0.3) is 35.6 Å². The summed E-state index contributed by atoms with van der Waals surface area (Å²) in [5.74, 6) is -7.24. The third-order valence-electron chi connectivity index (χ3n) is 17.1. The predicted octanol–water partition coefficient (Wildman–Crippen LogP) is 2.26. The van der Waals surface area contributed by atoms with E-state index in [4.69, 9.17) is 52.4 Å². The molecule has 544 valence electrons. The third-order valence-corrected chi connectivity index (χ3v) is 17.1. The number of hydrogen-bond donors (Lipinski definition) is 7. The van der Waals surface area contributed by atoms with E-state index in [-0.39, 0.29) is 123 Å². The minimum absolute atomic E-state index is 0.00804. The van der Waals surface area contributed by atoms with Gasteiger partial charge in [-0.15, -0.1) is 0 Å². The number of nitrogens with one attached hydrogen (secondary N) is 6. The average Bonchev–Trinajstić information content (AvgIpc) is 1.48. The smallest absolute Gasteiger partial charge is 0.409 e. The van der Waals surface area contributed by atoms with Crippen molar-refractivity contribution in [2.45, 2.75) is 115 Å². The van der Waals surface area contributed by atoms with Crippen LogP contribution in [0.3, 0.4) is 0 Å². The molecule has 2 unspecified atom stereocenters. The maximum atomic E-state index is 15.7. The van der Waals surface area contributed by atoms with Gasteiger partial charge in [0.05, 0.1) is 134 Å². The van der Waals surface area contributed by atoms with E-state index in [1.54, 1.807) is 14.0 Å². The van der Waals surface area contributed by atoms with Gasteiger partial charge < -0.3 is 88.9 Å². The maximum absolute atomic E-state index is 15.7. The van der Waals surface area contributed by atoms with Gasteiger partial charge in [0.15, 0.2) is 11.1 Å². The number of carbonyl (C=O) groups excluding carboxylic acids is 9. The van der Waals surface area contributed by atoms with E-state index in [0.29, 0.717) is 88.1 Å². The molecule has 0 radical (unpaired) electrons. The number of hydrogen-bond acceptors (Lipinski definition) is 22. The van der Waals surface area contributed by atoms with Crippen molar-refractivity contribution in [3.05, 3.63) is 104 Å². The summed E-state index contributed by atoms with van der Waals surface area (Å²) in [6, 6.07) is 4.33. The minimum Gasteiger partial charge on any atom is -0.458 e. The van der Waals surface area contributed by atoms with Crippen LogP contribution in [0.15, 0.2) is 53.3 Å². The second-order valence-electron chi connectivity index (χ2n) is 23.9. The van der Waals surface area contributed by atoms with E-state index in [2.05, 4.69) is 26.6 Å². The summed E-state index contributed by atoms with van der Waals surface area (Å²) in [5, 5.41) is 26.6. The number of imide groups is 1. The number of ether oxygens (including phenoxy) is 10. The SMILES string of the molecule is CC[C@@]1(O)C(=O)OCc2c1cc1n(c2=O)Cc2c-1nc1cc(F)c(C)c3c1c2[C@@H](NC(=O)C(C)(NC(=O)OC(C(=O)NCCOCCOCCOCCOCCOCCOCCOCCOC)c1ccc(NC(=O)[C@H](C)NC(=O)[C@H](C)NC(=O)CCN2C(=O)C=CC2=O)cc1)C(F)F)CC3. The molecule has 0 fully saturated rings. The van der Waals surface area contributed by atoms with Gasteiger partial charge >= 0.3 is 12.1 Å². The number of fused-ring (bicyclic) bond motifs is 5. The minimum atomic E-state index is -3.63. The highest BCUT2D eigenvalue weighted by Crippen LogP contribution is 2.46. The number of benzene rings is 2. The zero-order valence-corrected chi connectivity index (χ0v) is 56.4. The molecular formula is C67H84F3N9O21. The third kappa shape index (κ3) is 19.0. The normalized spacial score (nSPS) is 17.4. The van der Waals surface area contributed by atoms with Crippen molar-refractivity contribution in [2.75, 3.05) is 125 Å². The van der Waals surface area contributed by atoms with Crippen molar-refractivity contribution in [1.29, 1.82) is 0 Å². The standard InChI is InChI=1S/C67H84F3N9O21/c1-7-67(90)46-34-50-56-44(36-79(50)61(86)45(46)37-99-64(67)88)55-48(13-12-43-38(2)47(68)35-49(75-56)54(43)55)76-63(87)66(5,62(69)70)77-65(89)100-57(60(85)71-17-19-92-22-23-94-26-27-96-30-31-98-33-32-97-29-28-95-25-24-93-21-20-91-6)41-8-10-42(11-9-41)74-59(84)40(4)73-58(83)39(3)72-51(80)16-18-78-52(81)14-15-53(78)82/h8-11,14-15,34-35,39-40,48,57,62,90H,7,12-13,16-33,36-37H2,1-6H3,(H,71,85)(H,72,80)(H,73,83)(H,74,84)(H,76,87)(H,77,89)/t39-,40-,48-,57?,66?,67-/m0/s1. The Morgan fingerprint density at radius 1 is 0.760 bits per heavy atom. The number of amides is 8. The quantitative estimate of drug-likeness (QED) is 0.0168. The van der Waals surface area contributed by atoms with Crippen molar-refractivity contribution in [2.24, 2.45) is 0 Å². The van der Waals surface area contributed by atoms with Crippen molar-refractivity contribution in [1.82, 2.24) is 41.0 Å². The highest BCUT2D eigenvalue weighted by atomic mass is 19.3. The summed E-state index contributed by atoms with van der Waals surface area (Å²) in [7, 11) is 1.60. The number of anilines is 1. The number of alkyl carbamates (subject to hydrolysis) is 1. The highest BCUT2D eigenvalue weighted by molar-refractivity contribution is 6.13. The van der Waals surface area contributed by atoms with Gasteiger partial charge in [-0.05, 0) is 81.8 Å². The van der Waals surface area contributed by atoms with Gasteiger partial charge in [-0.3, -0.25) is 43.3 Å². The fraction of sp³-hybridized carbons (Fsp3) is 0.537. The van der Waals surface area contributed by atoms with Crippen LogP contribution in [0.2, 0.25) is 0 Å². The molecule has 5 heterocycles. The Kier molecular flexibility index (Phi) is 27.7. The Bertz CT molecular complexity index is 3730. The van der Waals surface area contributed by atoms with E-state index >= 15 is 13.2 Å². The molecule has 30 nitrogen and oxygen atoms in total. The number of aromatic nitrogens is 2. The van der Waals surface area contributed by atoms with Crippen molar-refractivity contribution in [3.8, 4) is 11.4 Å². The van der Waals surface area contributed by atoms with Gasteiger partial charge in [-0.2, -0.15) is 0 Å². The molecule has 0 bridgehead atoms. The van der Waals surface area contributed by atoms with Gasteiger partial charge in [-0.25, -0.2) is 27.7 Å². The highest BCUT2D eigenvalue weighted by Gasteiger charge is 2.49. The Labute approximate surface area is 572 Å². The zero-order chi connectivity index (χ0) is 72.3. The molecule has 100 heavy (non-hydrogen) atoms. The number of aryl methyl sites for hydroxylation is 1. The predicted molar refractivity (Wildman–Crippen MR) is 347 cm³/mol. The summed E-state index contributed by atoms with van der Waals surface area (Å²) in [4.78, 5) is 138. The first-order chi connectivity index (χ1) is 47.9.